The van der Waals surface area contributed by atoms with Crippen molar-refractivity contribution in [1.82, 2.24) is 4.98 Å². The number of hydrogen-bond donors (Lipinski definition) is 1. The summed E-state index contributed by atoms with van der Waals surface area (Å²) in [5, 5.41) is 5.80. The van der Waals surface area contributed by atoms with Crippen LogP contribution in [-0.2, 0) is 11.4 Å². The maximum Gasteiger partial charge on any atom is 0.226 e. The third-order valence-corrected chi connectivity index (χ3v) is 4.21. The molecule has 3 rings (SSSR count). The van der Waals surface area contributed by atoms with Gasteiger partial charge in [0.15, 0.2) is 12.4 Å². The van der Waals surface area contributed by atoms with Crippen molar-refractivity contribution in [2.75, 3.05) is 0 Å². The molecule has 0 aliphatic carbocycles. The van der Waals surface area contributed by atoms with Crippen LogP contribution in [0.1, 0.15) is 10.6 Å². The molecule has 0 spiro atoms. The molecule has 2 aromatic heterocycles. The lowest BCUT2D eigenvalue weighted by Gasteiger charge is -1.97. The van der Waals surface area contributed by atoms with Crippen molar-refractivity contribution in [2.24, 2.45) is 10.9 Å². The Morgan fingerprint density at radius 1 is 1.32 bits per heavy atom. The van der Waals surface area contributed by atoms with Crippen molar-refractivity contribution >= 4 is 33.1 Å². The summed E-state index contributed by atoms with van der Waals surface area (Å²) in [7, 11) is 0. The first kappa shape index (κ1) is 14.8. The van der Waals surface area contributed by atoms with E-state index in [4.69, 9.17) is 15.0 Å². The molecule has 0 fully saturated rings. The van der Waals surface area contributed by atoms with E-state index in [2.05, 4.69) is 26.1 Å². The van der Waals surface area contributed by atoms with E-state index in [1.54, 1.807) is 6.26 Å². The molecule has 3 aromatic rings. The molecule has 0 bridgehead atoms. The first-order valence-electron chi connectivity index (χ1n) is 6.42. The van der Waals surface area contributed by atoms with Crippen LogP contribution >= 0.6 is 27.3 Å². The second-order valence-electron chi connectivity index (χ2n) is 4.38. The van der Waals surface area contributed by atoms with E-state index in [-0.39, 0.29) is 6.61 Å². The molecule has 0 amide bonds. The standard InChI is InChI=1S/C15H12BrN3O2S/c16-11-5-3-10(4-6-11)15-18-12(8-20-15)9-21-19-14(17)13-2-1-7-22-13/h1-8H,9H2,(H2,17,19). The van der Waals surface area contributed by atoms with E-state index in [1.165, 1.54) is 11.3 Å². The lowest BCUT2D eigenvalue weighted by atomic mass is 10.2. The Kier molecular flexibility index (Phi) is 4.55. The van der Waals surface area contributed by atoms with Gasteiger partial charge >= 0.3 is 0 Å². The number of hydrogen-bond acceptors (Lipinski definition) is 5. The molecular weight excluding hydrogens is 366 g/mol. The molecule has 2 N–H and O–H groups in total. The Balaban J connectivity index is 1.62. The second-order valence-corrected chi connectivity index (χ2v) is 6.24. The Morgan fingerprint density at radius 3 is 2.86 bits per heavy atom. The predicted molar refractivity (Wildman–Crippen MR) is 89.5 cm³/mol. The molecule has 5 nitrogen and oxygen atoms in total. The molecule has 0 saturated heterocycles. The number of halogens is 1. The van der Waals surface area contributed by atoms with Crippen molar-refractivity contribution in [1.29, 1.82) is 0 Å². The van der Waals surface area contributed by atoms with E-state index < -0.39 is 0 Å². The average Bonchev–Trinajstić information content (AvgIpc) is 3.19. The number of aromatic nitrogens is 1. The molecule has 1 aromatic carbocycles. The summed E-state index contributed by atoms with van der Waals surface area (Å²) in [6.45, 7) is 0.200. The lowest BCUT2D eigenvalue weighted by molar-refractivity contribution is 0.127. The zero-order chi connectivity index (χ0) is 15.4. The van der Waals surface area contributed by atoms with Gasteiger partial charge in [-0.15, -0.1) is 11.3 Å². The minimum absolute atomic E-state index is 0.200. The molecule has 112 valence electrons. The van der Waals surface area contributed by atoms with Gasteiger partial charge in [-0.05, 0) is 35.7 Å². The number of amidine groups is 1. The van der Waals surface area contributed by atoms with Gasteiger partial charge in [0.05, 0.1) is 4.88 Å². The van der Waals surface area contributed by atoms with Crippen molar-refractivity contribution in [3.63, 3.8) is 0 Å². The van der Waals surface area contributed by atoms with Crippen LogP contribution in [0.25, 0.3) is 11.5 Å². The molecule has 0 aliphatic rings. The predicted octanol–water partition coefficient (Wildman–Crippen LogP) is 4.00. The molecule has 0 saturated carbocycles. The number of benzene rings is 1. The molecule has 0 aliphatic heterocycles. The summed E-state index contributed by atoms with van der Waals surface area (Å²) >= 11 is 4.90. The van der Waals surface area contributed by atoms with Crippen molar-refractivity contribution in [2.45, 2.75) is 6.61 Å². The second kappa shape index (κ2) is 6.76. The number of nitrogens with two attached hydrogens (primary N) is 1. The molecule has 22 heavy (non-hydrogen) atoms. The first-order valence-corrected chi connectivity index (χ1v) is 8.09. The smallest absolute Gasteiger partial charge is 0.226 e. The van der Waals surface area contributed by atoms with E-state index in [1.807, 2.05) is 41.8 Å². The molecule has 0 unspecified atom stereocenters. The first-order chi connectivity index (χ1) is 10.7. The Labute approximate surface area is 139 Å². The zero-order valence-corrected chi connectivity index (χ0v) is 13.8. The summed E-state index contributed by atoms with van der Waals surface area (Å²) in [4.78, 5) is 10.4. The Morgan fingerprint density at radius 2 is 2.14 bits per heavy atom. The largest absolute Gasteiger partial charge is 0.444 e. The van der Waals surface area contributed by atoms with Gasteiger partial charge in [0.2, 0.25) is 5.89 Å². The summed E-state index contributed by atoms with van der Waals surface area (Å²) in [6.07, 6.45) is 1.55. The van der Waals surface area contributed by atoms with Crippen molar-refractivity contribution < 1.29 is 9.25 Å². The van der Waals surface area contributed by atoms with Crippen LogP contribution in [0.15, 0.2) is 62.1 Å². The van der Waals surface area contributed by atoms with Gasteiger partial charge < -0.3 is 15.0 Å². The van der Waals surface area contributed by atoms with Gasteiger partial charge in [-0.2, -0.15) is 0 Å². The average molecular weight is 378 g/mol. The minimum Gasteiger partial charge on any atom is -0.444 e. The Bertz CT molecular complexity index is 766. The highest BCUT2D eigenvalue weighted by Crippen LogP contribution is 2.21. The van der Waals surface area contributed by atoms with Crippen LogP contribution in [0.3, 0.4) is 0 Å². The highest BCUT2D eigenvalue weighted by molar-refractivity contribution is 9.10. The van der Waals surface area contributed by atoms with E-state index in [0.717, 1.165) is 14.9 Å². The van der Waals surface area contributed by atoms with Crippen molar-refractivity contribution in [3.05, 3.63) is 63.1 Å². The normalized spacial score (nSPS) is 11.6. The van der Waals surface area contributed by atoms with Gasteiger partial charge in [0.1, 0.15) is 12.0 Å². The van der Waals surface area contributed by atoms with Crippen LogP contribution in [0.4, 0.5) is 0 Å². The van der Waals surface area contributed by atoms with Gasteiger partial charge in [-0.1, -0.05) is 27.2 Å². The van der Waals surface area contributed by atoms with E-state index >= 15 is 0 Å². The number of nitrogens with zero attached hydrogens (tertiary/aromatic N) is 2. The fraction of sp³-hybridized carbons (Fsp3) is 0.0667. The zero-order valence-electron chi connectivity index (χ0n) is 11.4. The number of thiophene rings is 1. The van der Waals surface area contributed by atoms with Gasteiger partial charge in [-0.3, -0.25) is 0 Å². The van der Waals surface area contributed by atoms with E-state index in [9.17, 15) is 0 Å². The van der Waals surface area contributed by atoms with Gasteiger partial charge in [-0.25, -0.2) is 4.98 Å². The summed E-state index contributed by atoms with van der Waals surface area (Å²) in [5.74, 6) is 0.896. The SMILES string of the molecule is NC(=NOCc1coc(-c2ccc(Br)cc2)n1)c1cccs1. The van der Waals surface area contributed by atoms with Crippen LogP contribution in [0.5, 0.6) is 0 Å². The molecular formula is C15H12BrN3O2S. The van der Waals surface area contributed by atoms with Crippen LogP contribution in [0.2, 0.25) is 0 Å². The molecule has 7 heteroatoms. The maximum absolute atomic E-state index is 5.80. The lowest BCUT2D eigenvalue weighted by Crippen LogP contribution is -2.11. The van der Waals surface area contributed by atoms with Gasteiger partial charge in [0.25, 0.3) is 0 Å². The summed E-state index contributed by atoms with van der Waals surface area (Å²) in [5.41, 5.74) is 7.35. The summed E-state index contributed by atoms with van der Waals surface area (Å²) in [6, 6.07) is 11.5. The quantitative estimate of drug-likeness (QED) is 0.414. The molecule has 0 radical (unpaired) electrons. The highest BCUT2D eigenvalue weighted by Gasteiger charge is 2.07. The number of oxazole rings is 1. The molecule has 2 heterocycles. The van der Waals surface area contributed by atoms with Crippen molar-refractivity contribution in [3.8, 4) is 11.5 Å². The Hall–Kier alpha value is -2.12. The fourth-order valence-electron chi connectivity index (χ4n) is 1.74. The minimum atomic E-state index is 0.200. The third-order valence-electron chi connectivity index (χ3n) is 2.79. The number of oxime groups is 1. The fourth-order valence-corrected chi connectivity index (χ4v) is 2.62. The number of rotatable bonds is 5. The van der Waals surface area contributed by atoms with Crippen LogP contribution in [-0.4, -0.2) is 10.8 Å². The molecule has 0 atom stereocenters. The highest BCUT2D eigenvalue weighted by atomic mass is 79.9. The van der Waals surface area contributed by atoms with Crippen LogP contribution < -0.4 is 5.73 Å². The monoisotopic (exact) mass is 377 g/mol. The maximum atomic E-state index is 5.80. The topological polar surface area (TPSA) is 73.6 Å². The van der Waals surface area contributed by atoms with Gasteiger partial charge in [0, 0.05) is 10.0 Å². The summed E-state index contributed by atoms with van der Waals surface area (Å²) < 4.78 is 6.44. The van der Waals surface area contributed by atoms with E-state index in [0.29, 0.717) is 17.4 Å². The van der Waals surface area contributed by atoms with Crippen LogP contribution in [0, 0.1) is 0 Å². The third kappa shape index (κ3) is 3.55.